The molecular weight excluding hydrogens is 565 g/mol. The van der Waals surface area contributed by atoms with E-state index in [1.807, 2.05) is 19.0 Å². The fourth-order valence-corrected chi connectivity index (χ4v) is 4.84. The number of anilines is 3. The highest BCUT2D eigenvalue weighted by Gasteiger charge is 2.32. The number of nitrogens with zero attached hydrogens (tertiary/aromatic N) is 7. The fraction of sp³-hybridized carbons (Fsp3) is 0.321. The highest BCUT2D eigenvalue weighted by molar-refractivity contribution is 6.07. The van der Waals surface area contributed by atoms with Crippen molar-refractivity contribution in [2.45, 2.75) is 6.18 Å². The van der Waals surface area contributed by atoms with Crippen LogP contribution in [0.2, 0.25) is 0 Å². The monoisotopic (exact) mass is 596 g/mol. The van der Waals surface area contributed by atoms with Gasteiger partial charge in [0.2, 0.25) is 0 Å². The largest absolute Gasteiger partial charge is 0.433 e. The Morgan fingerprint density at radius 2 is 1.74 bits per heavy atom. The van der Waals surface area contributed by atoms with Crippen LogP contribution in [-0.4, -0.2) is 99.6 Å². The second-order valence-corrected chi connectivity index (χ2v) is 10.4. The molecule has 0 radical (unpaired) electrons. The summed E-state index contributed by atoms with van der Waals surface area (Å²) in [6.45, 7) is 4.56. The van der Waals surface area contributed by atoms with Crippen LogP contribution in [-0.2, 0) is 6.18 Å². The third kappa shape index (κ3) is 6.84. The van der Waals surface area contributed by atoms with E-state index in [4.69, 9.17) is 5.73 Å². The number of nitrogens with one attached hydrogen (secondary N) is 2. The maximum absolute atomic E-state index is 13.8. The summed E-state index contributed by atoms with van der Waals surface area (Å²) in [6, 6.07) is 9.08. The number of piperazine rings is 1. The second kappa shape index (κ2) is 12.2. The Labute approximate surface area is 245 Å². The van der Waals surface area contributed by atoms with Crippen molar-refractivity contribution in [2.75, 3.05) is 69.7 Å². The quantitative estimate of drug-likeness (QED) is 0.296. The minimum Gasteiger partial charge on any atom is -0.382 e. The van der Waals surface area contributed by atoms with Crippen molar-refractivity contribution in [3.05, 3.63) is 66.2 Å². The van der Waals surface area contributed by atoms with E-state index in [-0.39, 0.29) is 17.5 Å². The van der Waals surface area contributed by atoms with Crippen LogP contribution in [0.1, 0.15) is 16.1 Å². The van der Waals surface area contributed by atoms with E-state index >= 15 is 0 Å². The number of benzene rings is 1. The number of halogens is 3. The molecule has 15 heteroatoms. The van der Waals surface area contributed by atoms with Crippen molar-refractivity contribution in [3.8, 4) is 11.1 Å². The number of carbonyl (C=O) groups excluding carboxylic acids is 2. The SMILES string of the molecule is CN(C)CCN1CCN(C(=O)c2cn3ncnc(N)c3c2-c2ccc(NC(=O)Nc3cccc(C(F)(F)F)n3)cc2)CC1. The van der Waals surface area contributed by atoms with Crippen LogP contribution in [0.3, 0.4) is 0 Å². The third-order valence-corrected chi connectivity index (χ3v) is 7.07. The van der Waals surface area contributed by atoms with Gasteiger partial charge in [0.05, 0.1) is 5.56 Å². The lowest BCUT2D eigenvalue weighted by Gasteiger charge is -2.35. The number of fused-ring (bicyclic) bond motifs is 1. The maximum atomic E-state index is 13.8. The van der Waals surface area contributed by atoms with E-state index < -0.39 is 17.9 Å². The van der Waals surface area contributed by atoms with Gasteiger partial charge >= 0.3 is 12.2 Å². The summed E-state index contributed by atoms with van der Waals surface area (Å²) in [4.78, 5) is 40.0. The van der Waals surface area contributed by atoms with Crippen LogP contribution in [0, 0.1) is 0 Å². The van der Waals surface area contributed by atoms with Crippen molar-refractivity contribution in [3.63, 3.8) is 0 Å². The van der Waals surface area contributed by atoms with Gasteiger partial charge in [-0.05, 0) is 43.9 Å². The van der Waals surface area contributed by atoms with Crippen LogP contribution in [0.5, 0.6) is 0 Å². The molecule has 43 heavy (non-hydrogen) atoms. The molecule has 0 aliphatic carbocycles. The van der Waals surface area contributed by atoms with Crippen LogP contribution in [0.4, 0.5) is 35.3 Å². The van der Waals surface area contributed by atoms with Gasteiger partial charge in [0, 0.05) is 56.7 Å². The van der Waals surface area contributed by atoms with Crippen LogP contribution in [0.15, 0.2) is 55.0 Å². The predicted molar refractivity (Wildman–Crippen MR) is 156 cm³/mol. The first-order valence-corrected chi connectivity index (χ1v) is 13.5. The van der Waals surface area contributed by atoms with Gasteiger partial charge in [-0.2, -0.15) is 18.3 Å². The number of aromatic nitrogens is 4. The number of amides is 3. The molecule has 4 N–H and O–H groups in total. The lowest BCUT2D eigenvalue weighted by atomic mass is 10.0. The predicted octanol–water partition coefficient (Wildman–Crippen LogP) is 3.36. The zero-order chi connectivity index (χ0) is 30.7. The standard InChI is InChI=1S/C28H31F3N10O2/c1-38(2)10-11-39-12-14-40(15-13-39)26(42)20-16-41-24(25(32)33-17-34-41)23(20)18-6-8-19(9-7-18)35-27(43)37-22-5-3-4-21(36-22)28(29,30)31/h3-9,16-17H,10-15H2,1-2H3,(H2,32,33,34)(H2,35,36,37,43). The van der Waals surface area contributed by atoms with E-state index in [2.05, 4.69) is 35.5 Å². The van der Waals surface area contributed by atoms with E-state index in [1.54, 1.807) is 30.5 Å². The first-order chi connectivity index (χ1) is 20.5. The molecule has 1 aliphatic rings. The minimum atomic E-state index is -4.64. The summed E-state index contributed by atoms with van der Waals surface area (Å²) >= 11 is 0. The number of hydrogen-bond donors (Lipinski definition) is 3. The molecule has 5 rings (SSSR count). The van der Waals surface area contributed by atoms with Crippen LogP contribution >= 0.6 is 0 Å². The van der Waals surface area contributed by atoms with Crippen LogP contribution < -0.4 is 16.4 Å². The average molecular weight is 597 g/mol. The molecule has 1 fully saturated rings. The number of nitrogen functional groups attached to an aromatic ring is 1. The molecule has 0 spiro atoms. The molecule has 12 nitrogen and oxygen atoms in total. The van der Waals surface area contributed by atoms with E-state index in [0.717, 1.165) is 38.3 Å². The van der Waals surface area contributed by atoms with Gasteiger partial charge in [0.15, 0.2) is 5.82 Å². The zero-order valence-corrected chi connectivity index (χ0v) is 23.6. The van der Waals surface area contributed by atoms with E-state index in [9.17, 15) is 22.8 Å². The number of urea groups is 1. The van der Waals surface area contributed by atoms with Gasteiger partial charge in [0.1, 0.15) is 23.4 Å². The Kier molecular flexibility index (Phi) is 8.45. The Morgan fingerprint density at radius 3 is 2.42 bits per heavy atom. The Morgan fingerprint density at radius 1 is 1.02 bits per heavy atom. The van der Waals surface area contributed by atoms with Crippen molar-refractivity contribution < 1.29 is 22.8 Å². The van der Waals surface area contributed by atoms with E-state index in [0.29, 0.717) is 41.0 Å². The van der Waals surface area contributed by atoms with E-state index in [1.165, 1.54) is 16.9 Å². The lowest BCUT2D eigenvalue weighted by molar-refractivity contribution is -0.141. The molecule has 1 saturated heterocycles. The highest BCUT2D eigenvalue weighted by Crippen LogP contribution is 2.34. The highest BCUT2D eigenvalue weighted by atomic mass is 19.4. The van der Waals surface area contributed by atoms with Crippen LogP contribution in [0.25, 0.3) is 16.6 Å². The topological polar surface area (TPSA) is 137 Å². The minimum absolute atomic E-state index is 0.151. The second-order valence-electron chi connectivity index (χ2n) is 10.4. The maximum Gasteiger partial charge on any atom is 0.433 e. The van der Waals surface area contributed by atoms with Crippen molar-refractivity contribution >= 4 is 34.8 Å². The Balaban J connectivity index is 1.34. The van der Waals surface area contributed by atoms with Crippen molar-refractivity contribution in [2.24, 2.45) is 0 Å². The number of nitrogens with two attached hydrogens (primary N) is 1. The molecule has 1 aliphatic heterocycles. The van der Waals surface area contributed by atoms with Gasteiger partial charge < -0.3 is 20.9 Å². The molecule has 3 amide bonds. The first-order valence-electron chi connectivity index (χ1n) is 13.5. The Hall–Kier alpha value is -4.76. The van der Waals surface area contributed by atoms with Crippen molar-refractivity contribution in [1.82, 2.24) is 34.3 Å². The van der Waals surface area contributed by atoms with Gasteiger partial charge in [-0.25, -0.2) is 19.3 Å². The van der Waals surface area contributed by atoms with Gasteiger partial charge in [-0.15, -0.1) is 0 Å². The number of hydrogen-bond acceptors (Lipinski definition) is 8. The third-order valence-electron chi connectivity index (χ3n) is 7.07. The number of alkyl halides is 3. The van der Waals surface area contributed by atoms with Gasteiger partial charge in [0.25, 0.3) is 5.91 Å². The molecule has 0 unspecified atom stereocenters. The van der Waals surface area contributed by atoms with Crippen molar-refractivity contribution in [1.29, 1.82) is 0 Å². The lowest BCUT2D eigenvalue weighted by Crippen LogP contribution is -2.50. The molecular formula is C28H31F3N10O2. The number of pyridine rings is 1. The summed E-state index contributed by atoms with van der Waals surface area (Å²) < 4.78 is 40.4. The molecule has 226 valence electrons. The summed E-state index contributed by atoms with van der Waals surface area (Å²) in [6.07, 6.45) is -1.68. The first kappa shape index (κ1) is 29.7. The molecule has 0 atom stereocenters. The molecule has 4 aromatic rings. The summed E-state index contributed by atoms with van der Waals surface area (Å²) in [5.74, 6) is -0.198. The number of carbonyl (C=O) groups is 2. The molecule has 4 heterocycles. The zero-order valence-electron chi connectivity index (χ0n) is 23.6. The number of rotatable bonds is 7. The fourth-order valence-electron chi connectivity index (χ4n) is 4.84. The summed E-state index contributed by atoms with van der Waals surface area (Å²) in [7, 11) is 4.06. The average Bonchev–Trinajstić information content (AvgIpc) is 3.37. The number of likely N-dealkylation sites (N-methyl/N-ethyl adjacent to an activating group) is 1. The Bertz CT molecular complexity index is 1610. The smallest absolute Gasteiger partial charge is 0.382 e. The molecule has 0 saturated carbocycles. The molecule has 0 bridgehead atoms. The summed E-state index contributed by atoms with van der Waals surface area (Å²) in [5.41, 5.74) is 7.56. The van der Waals surface area contributed by atoms with Gasteiger partial charge in [-0.3, -0.25) is 15.0 Å². The molecule has 1 aromatic carbocycles. The van der Waals surface area contributed by atoms with Gasteiger partial charge in [-0.1, -0.05) is 18.2 Å². The molecule has 3 aromatic heterocycles. The normalized spacial score (nSPS) is 14.3. The summed E-state index contributed by atoms with van der Waals surface area (Å²) in [5, 5.41) is 9.12.